The smallest absolute Gasteiger partial charge is 0.310 e. The van der Waals surface area contributed by atoms with Gasteiger partial charge in [0.1, 0.15) is 6.73 Å². The number of thiazole rings is 1. The van der Waals surface area contributed by atoms with Crippen LogP contribution in [0.3, 0.4) is 0 Å². The first kappa shape index (κ1) is 13.6. The standard InChI is InChI=1S/C13H15N3O2S/c1-8(10(15)4-5-14)9-2-3-11-12(6-9)19-13(18)16(11)7-17/h2-3,5-6,8,14-15,17H,4,7H2,1H3. The largest absolute Gasteiger partial charge is 0.376 e. The van der Waals surface area contributed by atoms with Gasteiger partial charge in [-0.15, -0.1) is 0 Å². The number of aliphatic hydroxyl groups excluding tert-OH is 1. The second-order valence-corrected chi connectivity index (χ2v) is 5.31. The van der Waals surface area contributed by atoms with Crippen LogP contribution in [0.4, 0.5) is 0 Å². The number of benzene rings is 1. The maximum absolute atomic E-state index is 11.6. The summed E-state index contributed by atoms with van der Waals surface area (Å²) >= 11 is 1.09. The molecule has 5 nitrogen and oxygen atoms in total. The SMILES string of the molecule is CC(C(=N)CC=N)c1ccc2c(c1)sc(=O)n2CO. The Morgan fingerprint density at radius 2 is 2.32 bits per heavy atom. The van der Waals surface area contributed by atoms with E-state index in [1.807, 2.05) is 19.1 Å². The topological polar surface area (TPSA) is 89.9 Å². The lowest BCUT2D eigenvalue weighted by Crippen LogP contribution is -2.12. The molecule has 0 aliphatic heterocycles. The Hall–Kier alpha value is -1.79. The highest BCUT2D eigenvalue weighted by Crippen LogP contribution is 2.24. The summed E-state index contributed by atoms with van der Waals surface area (Å²) in [5.41, 5.74) is 2.14. The van der Waals surface area contributed by atoms with Crippen LogP contribution in [0.15, 0.2) is 23.0 Å². The molecule has 0 fully saturated rings. The van der Waals surface area contributed by atoms with E-state index in [0.717, 1.165) is 21.6 Å². The summed E-state index contributed by atoms with van der Waals surface area (Å²) in [6.45, 7) is 1.59. The van der Waals surface area contributed by atoms with Crippen molar-refractivity contribution in [2.24, 2.45) is 0 Å². The fourth-order valence-electron chi connectivity index (χ4n) is 1.97. The van der Waals surface area contributed by atoms with Crippen LogP contribution >= 0.6 is 11.3 Å². The molecule has 1 aromatic carbocycles. The van der Waals surface area contributed by atoms with Crippen LogP contribution in [0.5, 0.6) is 0 Å². The highest BCUT2D eigenvalue weighted by Gasteiger charge is 2.13. The monoisotopic (exact) mass is 277 g/mol. The number of nitrogens with zero attached hydrogens (tertiary/aromatic N) is 1. The normalized spacial score (nSPS) is 12.5. The molecule has 2 aromatic rings. The van der Waals surface area contributed by atoms with Crippen molar-refractivity contribution in [2.45, 2.75) is 26.0 Å². The average molecular weight is 277 g/mol. The lowest BCUT2D eigenvalue weighted by molar-refractivity contribution is 0.213. The maximum Gasteiger partial charge on any atom is 0.310 e. The first-order valence-corrected chi connectivity index (χ1v) is 6.70. The molecular weight excluding hydrogens is 262 g/mol. The number of hydrogen-bond donors (Lipinski definition) is 3. The molecule has 0 aliphatic carbocycles. The van der Waals surface area contributed by atoms with Crippen molar-refractivity contribution in [2.75, 3.05) is 0 Å². The third kappa shape index (κ3) is 2.50. The predicted octanol–water partition coefficient (Wildman–Crippen LogP) is 2.18. The van der Waals surface area contributed by atoms with Crippen LogP contribution in [-0.4, -0.2) is 21.6 Å². The molecule has 3 N–H and O–H groups in total. The molecule has 1 unspecified atom stereocenters. The number of aliphatic hydroxyl groups is 1. The van der Waals surface area contributed by atoms with E-state index >= 15 is 0 Å². The molecule has 1 atom stereocenters. The molecule has 1 aromatic heterocycles. The van der Waals surface area contributed by atoms with E-state index < -0.39 is 0 Å². The molecule has 0 saturated heterocycles. The predicted molar refractivity (Wildman–Crippen MR) is 77.8 cm³/mol. The van der Waals surface area contributed by atoms with E-state index in [2.05, 4.69) is 0 Å². The highest BCUT2D eigenvalue weighted by atomic mass is 32.1. The number of aromatic nitrogens is 1. The van der Waals surface area contributed by atoms with Crippen molar-refractivity contribution >= 4 is 33.5 Å². The molecule has 0 saturated carbocycles. The first-order valence-electron chi connectivity index (χ1n) is 5.89. The van der Waals surface area contributed by atoms with Crippen molar-refractivity contribution in [1.82, 2.24) is 4.57 Å². The third-order valence-electron chi connectivity index (χ3n) is 3.18. The first-order chi connectivity index (χ1) is 9.08. The number of nitrogens with one attached hydrogen (secondary N) is 2. The second kappa shape index (κ2) is 5.46. The molecule has 0 amide bonds. The molecule has 0 bridgehead atoms. The molecule has 2 rings (SSSR count). The Balaban J connectivity index is 2.45. The summed E-state index contributed by atoms with van der Waals surface area (Å²) in [5.74, 6) is -0.0780. The molecular formula is C13H15N3O2S. The van der Waals surface area contributed by atoms with Crippen molar-refractivity contribution < 1.29 is 5.11 Å². The van der Waals surface area contributed by atoms with Crippen LogP contribution in [0.25, 0.3) is 10.2 Å². The van der Waals surface area contributed by atoms with Gasteiger partial charge in [0, 0.05) is 24.3 Å². The summed E-state index contributed by atoms with van der Waals surface area (Å²) in [4.78, 5) is 11.5. The van der Waals surface area contributed by atoms with Gasteiger partial charge in [0.2, 0.25) is 0 Å². The fourth-order valence-corrected chi connectivity index (χ4v) is 2.91. The van der Waals surface area contributed by atoms with Gasteiger partial charge in [-0.1, -0.05) is 24.3 Å². The van der Waals surface area contributed by atoms with Crippen molar-refractivity contribution in [3.8, 4) is 0 Å². The molecule has 0 aliphatic rings. The molecule has 6 heteroatoms. The van der Waals surface area contributed by atoms with Gasteiger partial charge in [-0.25, -0.2) is 0 Å². The lowest BCUT2D eigenvalue weighted by atomic mass is 9.94. The van der Waals surface area contributed by atoms with Crippen LogP contribution < -0.4 is 4.87 Å². The number of fused-ring (bicyclic) bond motifs is 1. The Morgan fingerprint density at radius 3 is 2.95 bits per heavy atom. The minimum atomic E-state index is -0.322. The quantitative estimate of drug-likeness (QED) is 0.731. The van der Waals surface area contributed by atoms with Crippen LogP contribution in [0.2, 0.25) is 0 Å². The van der Waals surface area contributed by atoms with Gasteiger partial charge in [0.25, 0.3) is 0 Å². The van der Waals surface area contributed by atoms with E-state index in [4.69, 9.17) is 15.9 Å². The van der Waals surface area contributed by atoms with Crippen LogP contribution in [0, 0.1) is 10.8 Å². The van der Waals surface area contributed by atoms with E-state index in [9.17, 15) is 4.79 Å². The summed E-state index contributed by atoms with van der Waals surface area (Å²) < 4.78 is 2.13. The average Bonchev–Trinajstić information content (AvgIpc) is 2.72. The zero-order valence-electron chi connectivity index (χ0n) is 10.5. The molecule has 19 heavy (non-hydrogen) atoms. The molecule has 0 spiro atoms. The number of hydrogen-bond acceptors (Lipinski definition) is 5. The van der Waals surface area contributed by atoms with Crippen molar-refractivity contribution in [1.29, 1.82) is 10.8 Å². The van der Waals surface area contributed by atoms with E-state index in [-0.39, 0.29) is 17.5 Å². The Morgan fingerprint density at radius 1 is 1.58 bits per heavy atom. The van der Waals surface area contributed by atoms with Crippen molar-refractivity contribution in [3.05, 3.63) is 33.4 Å². The highest BCUT2D eigenvalue weighted by molar-refractivity contribution is 7.16. The van der Waals surface area contributed by atoms with Gasteiger partial charge in [0.05, 0.1) is 10.2 Å². The van der Waals surface area contributed by atoms with Gasteiger partial charge in [-0.3, -0.25) is 9.36 Å². The molecule has 0 radical (unpaired) electrons. The number of rotatable bonds is 5. The van der Waals surface area contributed by atoms with E-state index in [1.54, 1.807) is 6.07 Å². The summed E-state index contributed by atoms with van der Waals surface area (Å²) in [6, 6.07) is 5.55. The minimum absolute atomic E-state index is 0.0780. The summed E-state index contributed by atoms with van der Waals surface area (Å²) in [6.07, 6.45) is 1.56. The summed E-state index contributed by atoms with van der Waals surface area (Å²) in [5, 5.41) is 24.1. The Kier molecular flexibility index (Phi) is 3.92. The zero-order chi connectivity index (χ0) is 14.0. The van der Waals surface area contributed by atoms with Gasteiger partial charge in [-0.2, -0.15) is 0 Å². The minimum Gasteiger partial charge on any atom is -0.376 e. The van der Waals surface area contributed by atoms with Crippen LogP contribution in [0.1, 0.15) is 24.8 Å². The van der Waals surface area contributed by atoms with Crippen LogP contribution in [-0.2, 0) is 6.73 Å². The van der Waals surface area contributed by atoms with Gasteiger partial charge in [-0.05, 0) is 17.7 Å². The van der Waals surface area contributed by atoms with Gasteiger partial charge < -0.3 is 15.9 Å². The maximum atomic E-state index is 11.6. The van der Waals surface area contributed by atoms with E-state index in [0.29, 0.717) is 17.6 Å². The Labute approximate surface area is 114 Å². The molecule has 100 valence electrons. The molecule has 1 heterocycles. The lowest BCUT2D eigenvalue weighted by Gasteiger charge is -2.12. The summed E-state index contributed by atoms with van der Waals surface area (Å²) in [7, 11) is 0. The van der Waals surface area contributed by atoms with Crippen molar-refractivity contribution in [3.63, 3.8) is 0 Å². The van der Waals surface area contributed by atoms with E-state index in [1.165, 1.54) is 10.8 Å². The van der Waals surface area contributed by atoms with Gasteiger partial charge >= 0.3 is 4.87 Å². The second-order valence-electron chi connectivity index (χ2n) is 4.32. The fraction of sp³-hybridized carbons (Fsp3) is 0.308. The zero-order valence-corrected chi connectivity index (χ0v) is 11.3. The van der Waals surface area contributed by atoms with Gasteiger partial charge in [0.15, 0.2) is 0 Å². The Bertz CT molecular complexity index is 687. The third-order valence-corrected chi connectivity index (χ3v) is 4.12.